The molecule has 1 aromatic rings. The number of piperazine rings is 1. The van der Waals surface area contributed by atoms with Crippen LogP contribution in [0.15, 0.2) is 15.9 Å². The van der Waals surface area contributed by atoms with E-state index >= 15 is 0 Å². The normalized spacial score (nSPS) is 25.8. The van der Waals surface area contributed by atoms with Gasteiger partial charge in [0.1, 0.15) is 0 Å². The number of hydrogen-bond acceptors (Lipinski definition) is 3. The summed E-state index contributed by atoms with van der Waals surface area (Å²) in [6.07, 6.45) is 0. The quantitative estimate of drug-likeness (QED) is 0.863. The number of hydrogen-bond donors (Lipinski definition) is 1. The van der Waals surface area contributed by atoms with E-state index in [-0.39, 0.29) is 18.0 Å². The van der Waals surface area contributed by atoms with E-state index in [9.17, 15) is 4.79 Å². The average molecular weight is 303 g/mol. The number of nitrogens with one attached hydrogen (secondary N) is 1. The van der Waals surface area contributed by atoms with E-state index in [0.29, 0.717) is 0 Å². The summed E-state index contributed by atoms with van der Waals surface area (Å²) >= 11 is 4.89. The highest BCUT2D eigenvalue weighted by Gasteiger charge is 2.30. The molecule has 2 unspecified atom stereocenters. The molecule has 1 aromatic heterocycles. The highest BCUT2D eigenvalue weighted by Crippen LogP contribution is 2.25. The van der Waals surface area contributed by atoms with Gasteiger partial charge in [0.05, 0.1) is 8.66 Å². The second kappa shape index (κ2) is 4.85. The number of halogens is 1. The molecule has 1 amide bonds. The van der Waals surface area contributed by atoms with Crippen molar-refractivity contribution < 1.29 is 4.79 Å². The van der Waals surface area contributed by atoms with Crippen molar-refractivity contribution in [3.05, 3.63) is 20.8 Å². The highest BCUT2D eigenvalue weighted by atomic mass is 79.9. The summed E-state index contributed by atoms with van der Waals surface area (Å²) in [5.41, 5.74) is 0. The lowest BCUT2D eigenvalue weighted by molar-refractivity contribution is 0.0549. The van der Waals surface area contributed by atoms with Crippen LogP contribution in [-0.2, 0) is 0 Å². The minimum absolute atomic E-state index is 0.150. The molecule has 2 atom stereocenters. The van der Waals surface area contributed by atoms with E-state index in [1.807, 2.05) is 17.0 Å². The minimum atomic E-state index is 0.150. The van der Waals surface area contributed by atoms with Gasteiger partial charge in [-0.05, 0) is 41.9 Å². The van der Waals surface area contributed by atoms with Crippen LogP contribution < -0.4 is 5.32 Å². The molecule has 3 nitrogen and oxygen atoms in total. The van der Waals surface area contributed by atoms with Crippen LogP contribution >= 0.6 is 27.3 Å². The van der Waals surface area contributed by atoms with Crippen LogP contribution in [0.5, 0.6) is 0 Å². The smallest absolute Gasteiger partial charge is 0.264 e. The van der Waals surface area contributed by atoms with Crippen molar-refractivity contribution >= 4 is 33.2 Å². The number of nitrogens with zero attached hydrogens (tertiary/aromatic N) is 1. The fourth-order valence-corrected chi connectivity index (χ4v) is 3.42. The van der Waals surface area contributed by atoms with Crippen molar-refractivity contribution in [3.8, 4) is 0 Å². The largest absolute Gasteiger partial charge is 0.330 e. The molecular weight excluding hydrogens is 288 g/mol. The molecule has 1 aliphatic heterocycles. The molecular formula is C11H15BrN2OS. The molecule has 2 heterocycles. The Morgan fingerprint density at radius 1 is 1.44 bits per heavy atom. The van der Waals surface area contributed by atoms with Gasteiger partial charge >= 0.3 is 0 Å². The first-order valence-corrected chi connectivity index (χ1v) is 6.99. The monoisotopic (exact) mass is 302 g/mol. The van der Waals surface area contributed by atoms with Crippen molar-refractivity contribution in [2.75, 3.05) is 13.1 Å². The summed E-state index contributed by atoms with van der Waals surface area (Å²) < 4.78 is 1.01. The Morgan fingerprint density at radius 3 is 2.56 bits per heavy atom. The molecule has 1 saturated heterocycles. The first-order valence-electron chi connectivity index (χ1n) is 5.38. The lowest BCUT2D eigenvalue weighted by atomic mass is 10.1. The van der Waals surface area contributed by atoms with Crippen molar-refractivity contribution in [3.63, 3.8) is 0 Å². The molecule has 0 spiro atoms. The van der Waals surface area contributed by atoms with Crippen LogP contribution in [0.25, 0.3) is 0 Å². The molecule has 1 fully saturated rings. The molecule has 0 radical (unpaired) electrons. The standard InChI is InChI=1S/C11H15BrN2OS/c1-7-5-13-6-8(2)14(7)11(15)9-3-4-10(12)16-9/h3-4,7-8,13H,5-6H2,1-2H3. The summed E-state index contributed by atoms with van der Waals surface area (Å²) in [6, 6.07) is 4.34. The zero-order valence-electron chi connectivity index (χ0n) is 9.37. The van der Waals surface area contributed by atoms with Crippen LogP contribution in [0.4, 0.5) is 0 Å². The maximum atomic E-state index is 12.3. The van der Waals surface area contributed by atoms with E-state index in [1.54, 1.807) is 0 Å². The third-order valence-corrected chi connectivity index (χ3v) is 4.46. The highest BCUT2D eigenvalue weighted by molar-refractivity contribution is 9.11. The van der Waals surface area contributed by atoms with Crippen molar-refractivity contribution in [1.29, 1.82) is 0 Å². The Morgan fingerprint density at radius 2 is 2.06 bits per heavy atom. The Kier molecular flexibility index (Phi) is 3.66. The maximum Gasteiger partial charge on any atom is 0.264 e. The Hall–Kier alpha value is -0.390. The van der Waals surface area contributed by atoms with Gasteiger partial charge in [0.2, 0.25) is 0 Å². The molecule has 16 heavy (non-hydrogen) atoms. The first-order chi connectivity index (χ1) is 7.59. The van der Waals surface area contributed by atoms with Gasteiger partial charge in [-0.1, -0.05) is 0 Å². The summed E-state index contributed by atoms with van der Waals surface area (Å²) in [6.45, 7) is 5.93. The van der Waals surface area contributed by atoms with E-state index in [1.165, 1.54) is 11.3 Å². The van der Waals surface area contributed by atoms with Crippen LogP contribution in [-0.4, -0.2) is 36.0 Å². The molecule has 1 aliphatic rings. The molecule has 88 valence electrons. The molecule has 0 saturated carbocycles. The lowest BCUT2D eigenvalue weighted by Crippen LogP contribution is -2.57. The summed E-state index contributed by atoms with van der Waals surface area (Å²) in [5, 5.41) is 3.33. The Bertz CT molecular complexity index is 383. The van der Waals surface area contributed by atoms with Crippen LogP contribution in [0.2, 0.25) is 0 Å². The molecule has 0 bridgehead atoms. The summed E-state index contributed by atoms with van der Waals surface area (Å²) in [7, 11) is 0. The van der Waals surface area contributed by atoms with E-state index in [0.717, 1.165) is 21.8 Å². The van der Waals surface area contributed by atoms with E-state index in [2.05, 4.69) is 35.1 Å². The topological polar surface area (TPSA) is 32.3 Å². The zero-order valence-corrected chi connectivity index (χ0v) is 11.8. The molecule has 5 heteroatoms. The second-order valence-corrected chi connectivity index (χ2v) is 6.64. The van der Waals surface area contributed by atoms with Crippen LogP contribution in [0, 0.1) is 0 Å². The summed E-state index contributed by atoms with van der Waals surface area (Å²) in [4.78, 5) is 15.1. The number of rotatable bonds is 1. The van der Waals surface area contributed by atoms with E-state index in [4.69, 9.17) is 0 Å². The maximum absolute atomic E-state index is 12.3. The molecule has 1 N–H and O–H groups in total. The van der Waals surface area contributed by atoms with Gasteiger partial charge < -0.3 is 10.2 Å². The van der Waals surface area contributed by atoms with Crippen molar-refractivity contribution in [2.45, 2.75) is 25.9 Å². The fraction of sp³-hybridized carbons (Fsp3) is 0.545. The lowest BCUT2D eigenvalue weighted by Gasteiger charge is -2.39. The third kappa shape index (κ3) is 2.31. The Labute approximate surface area is 108 Å². The number of amides is 1. The second-order valence-electron chi connectivity index (χ2n) is 4.17. The van der Waals surface area contributed by atoms with Gasteiger partial charge in [0.25, 0.3) is 5.91 Å². The molecule has 0 aliphatic carbocycles. The van der Waals surface area contributed by atoms with Gasteiger partial charge in [0.15, 0.2) is 0 Å². The molecule has 0 aromatic carbocycles. The minimum Gasteiger partial charge on any atom is -0.330 e. The van der Waals surface area contributed by atoms with Gasteiger partial charge in [-0.3, -0.25) is 4.79 Å². The van der Waals surface area contributed by atoms with Gasteiger partial charge in [-0.25, -0.2) is 0 Å². The first kappa shape index (κ1) is 12.1. The van der Waals surface area contributed by atoms with Gasteiger partial charge in [-0.15, -0.1) is 11.3 Å². The number of thiophene rings is 1. The Balaban J connectivity index is 2.19. The van der Waals surface area contributed by atoms with Crippen LogP contribution in [0.3, 0.4) is 0 Å². The van der Waals surface area contributed by atoms with Crippen molar-refractivity contribution in [1.82, 2.24) is 10.2 Å². The predicted molar refractivity (Wildman–Crippen MR) is 70.0 cm³/mol. The summed E-state index contributed by atoms with van der Waals surface area (Å²) in [5.74, 6) is 0.150. The number of carbonyl (C=O) groups is 1. The predicted octanol–water partition coefficient (Wildman–Crippen LogP) is 2.33. The average Bonchev–Trinajstić information content (AvgIpc) is 2.64. The van der Waals surface area contributed by atoms with Gasteiger partial charge in [0, 0.05) is 25.2 Å². The van der Waals surface area contributed by atoms with E-state index < -0.39 is 0 Å². The van der Waals surface area contributed by atoms with Crippen LogP contribution in [0.1, 0.15) is 23.5 Å². The third-order valence-electron chi connectivity index (χ3n) is 2.85. The van der Waals surface area contributed by atoms with Gasteiger partial charge in [-0.2, -0.15) is 0 Å². The van der Waals surface area contributed by atoms with Crippen molar-refractivity contribution in [2.24, 2.45) is 0 Å². The zero-order chi connectivity index (χ0) is 11.7. The SMILES string of the molecule is CC1CNCC(C)N1C(=O)c1ccc(Br)s1. The fourth-order valence-electron chi connectivity index (χ4n) is 2.09. The number of carbonyl (C=O) groups excluding carboxylic acids is 1. The molecule has 2 rings (SSSR count).